The van der Waals surface area contributed by atoms with Crippen LogP contribution in [0, 0.1) is 0 Å². The standard InChI is InChI=1S/C14H24N2O4S.ClH/c1-2-19-11-12-20-13-5-7-14(8-6-13)21(17,18)16-10-4-3-9-15;/h5-8,16H,2-4,9-12,15H2,1H3;1H. The van der Waals surface area contributed by atoms with Crippen LogP contribution in [0.25, 0.3) is 0 Å². The van der Waals surface area contributed by atoms with Crippen LogP contribution in [-0.4, -0.2) is 41.3 Å². The van der Waals surface area contributed by atoms with E-state index in [9.17, 15) is 8.42 Å². The van der Waals surface area contributed by atoms with Crippen molar-refractivity contribution < 1.29 is 17.9 Å². The molecule has 1 aromatic rings. The molecule has 0 aliphatic rings. The Morgan fingerprint density at radius 1 is 1.14 bits per heavy atom. The summed E-state index contributed by atoms with van der Waals surface area (Å²) in [7, 11) is -3.46. The van der Waals surface area contributed by atoms with E-state index in [1.54, 1.807) is 12.1 Å². The summed E-state index contributed by atoms with van der Waals surface area (Å²) in [5.74, 6) is 0.622. The first kappa shape index (κ1) is 21.1. The molecule has 0 unspecified atom stereocenters. The van der Waals surface area contributed by atoms with E-state index in [-0.39, 0.29) is 17.3 Å². The van der Waals surface area contributed by atoms with Crippen LogP contribution in [-0.2, 0) is 14.8 Å². The monoisotopic (exact) mass is 352 g/mol. The molecule has 0 heterocycles. The third-order valence-electron chi connectivity index (χ3n) is 2.76. The number of benzene rings is 1. The second-order valence-electron chi connectivity index (χ2n) is 4.41. The lowest BCUT2D eigenvalue weighted by molar-refractivity contribution is 0.110. The maximum absolute atomic E-state index is 12.0. The first-order valence-electron chi connectivity index (χ1n) is 7.10. The van der Waals surface area contributed by atoms with Crippen LogP contribution < -0.4 is 15.2 Å². The van der Waals surface area contributed by atoms with Crippen LogP contribution in [0.2, 0.25) is 0 Å². The molecule has 1 rings (SSSR count). The van der Waals surface area contributed by atoms with Gasteiger partial charge in [-0.15, -0.1) is 12.4 Å². The molecule has 0 aliphatic heterocycles. The molecule has 0 aliphatic carbocycles. The molecule has 3 N–H and O–H groups in total. The van der Waals surface area contributed by atoms with Gasteiger partial charge in [-0.25, -0.2) is 13.1 Å². The summed E-state index contributed by atoms with van der Waals surface area (Å²) >= 11 is 0. The van der Waals surface area contributed by atoms with E-state index in [4.69, 9.17) is 15.2 Å². The summed E-state index contributed by atoms with van der Waals surface area (Å²) in [6.07, 6.45) is 1.53. The Bertz CT molecular complexity index is 494. The molecule has 0 amide bonds. The molecule has 0 radical (unpaired) electrons. The fraction of sp³-hybridized carbons (Fsp3) is 0.571. The fourth-order valence-corrected chi connectivity index (χ4v) is 2.71. The topological polar surface area (TPSA) is 90.6 Å². The van der Waals surface area contributed by atoms with Crippen LogP contribution in [0.3, 0.4) is 0 Å². The van der Waals surface area contributed by atoms with E-state index in [0.717, 1.165) is 12.8 Å². The molecule has 0 atom stereocenters. The van der Waals surface area contributed by atoms with E-state index in [0.29, 0.717) is 38.7 Å². The summed E-state index contributed by atoms with van der Waals surface area (Å²) in [5.41, 5.74) is 5.36. The van der Waals surface area contributed by atoms with Crippen molar-refractivity contribution in [3.05, 3.63) is 24.3 Å². The second-order valence-corrected chi connectivity index (χ2v) is 6.18. The Morgan fingerprint density at radius 2 is 1.82 bits per heavy atom. The van der Waals surface area contributed by atoms with Crippen LogP contribution in [0.5, 0.6) is 5.75 Å². The van der Waals surface area contributed by atoms with E-state index in [1.165, 1.54) is 12.1 Å². The number of nitrogens with one attached hydrogen (secondary N) is 1. The van der Waals surface area contributed by atoms with Gasteiger partial charge in [0.25, 0.3) is 0 Å². The SMILES string of the molecule is CCOCCOc1ccc(S(=O)(=O)NCCCCN)cc1.Cl. The van der Waals surface area contributed by atoms with Gasteiger partial charge in [-0.2, -0.15) is 0 Å². The molecule has 6 nitrogen and oxygen atoms in total. The molecule has 22 heavy (non-hydrogen) atoms. The molecule has 0 bridgehead atoms. The summed E-state index contributed by atoms with van der Waals surface area (Å²) < 4.78 is 37.1. The Balaban J connectivity index is 0.00000441. The van der Waals surface area contributed by atoms with Crippen molar-refractivity contribution in [2.75, 3.05) is 32.9 Å². The van der Waals surface area contributed by atoms with Gasteiger partial charge >= 0.3 is 0 Å². The van der Waals surface area contributed by atoms with Gasteiger partial charge in [-0.3, -0.25) is 0 Å². The van der Waals surface area contributed by atoms with Crippen LogP contribution >= 0.6 is 12.4 Å². The fourth-order valence-electron chi connectivity index (χ4n) is 1.64. The van der Waals surface area contributed by atoms with Crippen molar-refractivity contribution in [3.63, 3.8) is 0 Å². The first-order valence-corrected chi connectivity index (χ1v) is 8.59. The van der Waals surface area contributed by atoms with Gasteiger partial charge in [-0.1, -0.05) is 0 Å². The summed E-state index contributed by atoms with van der Waals surface area (Å²) in [6, 6.07) is 6.34. The molecule has 128 valence electrons. The van der Waals surface area contributed by atoms with Gasteiger partial charge < -0.3 is 15.2 Å². The zero-order valence-electron chi connectivity index (χ0n) is 12.8. The molecule has 0 spiro atoms. The minimum atomic E-state index is -3.46. The number of ether oxygens (including phenoxy) is 2. The molecule has 8 heteroatoms. The van der Waals surface area contributed by atoms with E-state index in [2.05, 4.69) is 4.72 Å². The third-order valence-corrected chi connectivity index (χ3v) is 4.23. The zero-order valence-corrected chi connectivity index (χ0v) is 14.4. The molecule has 1 aromatic carbocycles. The van der Waals surface area contributed by atoms with Gasteiger partial charge in [0.15, 0.2) is 0 Å². The van der Waals surface area contributed by atoms with Crippen molar-refractivity contribution in [3.8, 4) is 5.75 Å². The van der Waals surface area contributed by atoms with Gasteiger partial charge in [0.1, 0.15) is 12.4 Å². The first-order chi connectivity index (χ1) is 10.1. The van der Waals surface area contributed by atoms with Crippen molar-refractivity contribution in [1.82, 2.24) is 4.72 Å². The Kier molecular flexibility index (Phi) is 11.2. The van der Waals surface area contributed by atoms with Crippen LogP contribution in [0.1, 0.15) is 19.8 Å². The van der Waals surface area contributed by atoms with Crippen molar-refractivity contribution >= 4 is 22.4 Å². The van der Waals surface area contributed by atoms with Crippen molar-refractivity contribution in [1.29, 1.82) is 0 Å². The lowest BCUT2D eigenvalue weighted by Crippen LogP contribution is -2.25. The predicted octanol–water partition coefficient (Wildman–Crippen LogP) is 1.54. The molecular weight excluding hydrogens is 328 g/mol. The van der Waals surface area contributed by atoms with Crippen molar-refractivity contribution in [2.24, 2.45) is 5.73 Å². The average molecular weight is 353 g/mol. The Morgan fingerprint density at radius 3 is 2.41 bits per heavy atom. The highest BCUT2D eigenvalue weighted by Crippen LogP contribution is 2.15. The average Bonchev–Trinajstić information content (AvgIpc) is 2.49. The molecular formula is C14H25ClN2O4S. The molecule has 0 saturated carbocycles. The second kappa shape index (κ2) is 11.7. The third kappa shape index (κ3) is 7.95. The predicted molar refractivity (Wildman–Crippen MR) is 89.2 cm³/mol. The number of unbranched alkanes of at least 4 members (excludes halogenated alkanes) is 1. The number of hydrogen-bond acceptors (Lipinski definition) is 5. The largest absolute Gasteiger partial charge is 0.491 e. The van der Waals surface area contributed by atoms with Gasteiger partial charge in [0, 0.05) is 13.2 Å². The maximum Gasteiger partial charge on any atom is 0.240 e. The highest BCUT2D eigenvalue weighted by Gasteiger charge is 2.12. The highest BCUT2D eigenvalue weighted by molar-refractivity contribution is 7.89. The number of nitrogens with two attached hydrogens (primary N) is 1. The highest BCUT2D eigenvalue weighted by atomic mass is 35.5. The van der Waals surface area contributed by atoms with Gasteiger partial charge in [0.2, 0.25) is 10.0 Å². The summed E-state index contributed by atoms with van der Waals surface area (Å²) in [4.78, 5) is 0.229. The molecule has 0 fully saturated rings. The van der Waals surface area contributed by atoms with Crippen LogP contribution in [0.4, 0.5) is 0 Å². The van der Waals surface area contributed by atoms with Gasteiger partial charge in [0.05, 0.1) is 11.5 Å². The van der Waals surface area contributed by atoms with Gasteiger partial charge in [-0.05, 0) is 50.6 Å². The number of rotatable bonds is 11. The number of sulfonamides is 1. The smallest absolute Gasteiger partial charge is 0.240 e. The minimum Gasteiger partial charge on any atom is -0.491 e. The van der Waals surface area contributed by atoms with E-state index >= 15 is 0 Å². The maximum atomic E-state index is 12.0. The number of halogens is 1. The molecule has 0 saturated heterocycles. The summed E-state index contributed by atoms with van der Waals surface area (Å²) in [5, 5.41) is 0. The van der Waals surface area contributed by atoms with E-state index in [1.807, 2.05) is 6.92 Å². The normalized spacial score (nSPS) is 11.0. The van der Waals surface area contributed by atoms with E-state index < -0.39 is 10.0 Å². The van der Waals surface area contributed by atoms with Crippen molar-refractivity contribution in [2.45, 2.75) is 24.7 Å². The zero-order chi connectivity index (χ0) is 15.6. The number of hydrogen-bond donors (Lipinski definition) is 2. The minimum absolute atomic E-state index is 0. The summed E-state index contributed by atoms with van der Waals surface area (Å²) in [6.45, 7) is 4.48. The lowest BCUT2D eigenvalue weighted by Gasteiger charge is -2.09. The van der Waals surface area contributed by atoms with Crippen LogP contribution in [0.15, 0.2) is 29.2 Å². The molecule has 0 aromatic heterocycles. The quantitative estimate of drug-likeness (QED) is 0.589. The Labute approximate surface area is 138 Å². The Hall–Kier alpha value is -0.860. The lowest BCUT2D eigenvalue weighted by atomic mass is 10.3.